The lowest BCUT2D eigenvalue weighted by Gasteiger charge is -2.17. The number of nitrogens with zero attached hydrogens (tertiary/aromatic N) is 2. The predicted molar refractivity (Wildman–Crippen MR) is 112 cm³/mol. The molecule has 2 aromatic carbocycles. The molecule has 0 radical (unpaired) electrons. The van der Waals surface area contributed by atoms with Gasteiger partial charge in [-0.05, 0) is 55.5 Å². The molecule has 2 aromatic rings. The van der Waals surface area contributed by atoms with Crippen molar-refractivity contribution in [2.75, 3.05) is 10.2 Å². The van der Waals surface area contributed by atoms with Crippen molar-refractivity contribution in [3.05, 3.63) is 75.9 Å². The van der Waals surface area contributed by atoms with Gasteiger partial charge in [0, 0.05) is 22.9 Å². The molecule has 5 rings (SSSR count). The van der Waals surface area contributed by atoms with Gasteiger partial charge in [0.05, 0.1) is 22.4 Å². The summed E-state index contributed by atoms with van der Waals surface area (Å²) in [5.41, 5.74) is 1.50. The highest BCUT2D eigenvalue weighted by atomic mass is 16.6. The second-order valence-corrected chi connectivity index (χ2v) is 8.27. The summed E-state index contributed by atoms with van der Waals surface area (Å²) in [6, 6.07) is 10.7. The van der Waals surface area contributed by atoms with E-state index in [2.05, 4.69) is 5.32 Å². The van der Waals surface area contributed by atoms with E-state index in [1.54, 1.807) is 31.2 Å². The van der Waals surface area contributed by atoms with Gasteiger partial charge in [-0.1, -0.05) is 18.2 Å². The minimum Gasteiger partial charge on any atom is -0.322 e. The fourth-order valence-corrected chi connectivity index (χ4v) is 5.01. The number of nitrogens with one attached hydrogen (secondary N) is 1. The van der Waals surface area contributed by atoms with E-state index in [4.69, 9.17) is 0 Å². The molecule has 4 atom stereocenters. The highest BCUT2D eigenvalue weighted by molar-refractivity contribution is 6.23. The molecule has 1 N–H and O–H groups in total. The lowest BCUT2D eigenvalue weighted by atomic mass is 9.85. The van der Waals surface area contributed by atoms with Gasteiger partial charge < -0.3 is 5.32 Å². The van der Waals surface area contributed by atoms with Crippen LogP contribution >= 0.6 is 0 Å². The maximum absolute atomic E-state index is 12.9. The van der Waals surface area contributed by atoms with Crippen LogP contribution in [-0.4, -0.2) is 22.6 Å². The number of aryl methyl sites for hydroxylation is 1. The van der Waals surface area contributed by atoms with E-state index in [1.807, 2.05) is 12.2 Å². The molecule has 2 bridgehead atoms. The van der Waals surface area contributed by atoms with Crippen LogP contribution in [-0.2, 0) is 9.59 Å². The summed E-state index contributed by atoms with van der Waals surface area (Å²) < 4.78 is 0. The van der Waals surface area contributed by atoms with Crippen LogP contribution in [0.1, 0.15) is 22.3 Å². The maximum Gasteiger partial charge on any atom is 0.274 e. The third kappa shape index (κ3) is 2.94. The van der Waals surface area contributed by atoms with Crippen LogP contribution in [0.15, 0.2) is 54.6 Å². The number of carbonyl (C=O) groups is 3. The van der Waals surface area contributed by atoms with Crippen LogP contribution in [0.5, 0.6) is 0 Å². The second-order valence-electron chi connectivity index (χ2n) is 8.27. The Morgan fingerprint density at radius 2 is 1.65 bits per heavy atom. The van der Waals surface area contributed by atoms with Gasteiger partial charge in [0.25, 0.3) is 11.6 Å². The minimum absolute atomic E-state index is 0.0757. The van der Waals surface area contributed by atoms with Gasteiger partial charge in [-0.15, -0.1) is 0 Å². The van der Waals surface area contributed by atoms with Crippen molar-refractivity contribution < 1.29 is 19.3 Å². The molecule has 156 valence electrons. The van der Waals surface area contributed by atoms with E-state index < -0.39 is 10.8 Å². The molecule has 1 heterocycles. The average molecular weight is 417 g/mol. The van der Waals surface area contributed by atoms with E-state index in [9.17, 15) is 24.5 Å². The molecule has 1 aliphatic heterocycles. The van der Waals surface area contributed by atoms with Crippen molar-refractivity contribution in [1.82, 2.24) is 0 Å². The van der Waals surface area contributed by atoms with Gasteiger partial charge in [-0.25, -0.2) is 0 Å². The molecular weight excluding hydrogens is 398 g/mol. The van der Waals surface area contributed by atoms with Crippen molar-refractivity contribution in [2.45, 2.75) is 13.3 Å². The zero-order valence-corrected chi connectivity index (χ0v) is 16.6. The number of rotatable bonds is 4. The van der Waals surface area contributed by atoms with Crippen LogP contribution in [0.2, 0.25) is 0 Å². The summed E-state index contributed by atoms with van der Waals surface area (Å²) in [5.74, 6) is -1.05. The van der Waals surface area contributed by atoms with Crippen LogP contribution in [0, 0.1) is 40.7 Å². The topological polar surface area (TPSA) is 110 Å². The Labute approximate surface area is 177 Å². The molecule has 1 saturated heterocycles. The molecule has 0 spiro atoms. The number of imide groups is 1. The number of fused-ring (bicyclic) bond motifs is 5. The van der Waals surface area contributed by atoms with Crippen molar-refractivity contribution >= 4 is 34.8 Å². The van der Waals surface area contributed by atoms with Gasteiger partial charge in [-0.3, -0.25) is 29.4 Å². The fourth-order valence-electron chi connectivity index (χ4n) is 5.01. The molecular formula is C23H19N3O5. The van der Waals surface area contributed by atoms with Gasteiger partial charge in [0.2, 0.25) is 11.8 Å². The normalized spacial score (nSPS) is 25.8. The summed E-state index contributed by atoms with van der Waals surface area (Å²) in [5, 5.41) is 13.7. The number of anilines is 2. The number of nitro groups is 1. The molecule has 31 heavy (non-hydrogen) atoms. The number of nitro benzene ring substituents is 1. The molecule has 2 aliphatic carbocycles. The van der Waals surface area contributed by atoms with E-state index >= 15 is 0 Å². The number of hydrogen-bond donors (Lipinski definition) is 1. The first-order valence-electron chi connectivity index (χ1n) is 10.1. The maximum atomic E-state index is 12.9. The Bertz CT molecular complexity index is 1140. The number of amides is 3. The second kappa shape index (κ2) is 6.87. The number of allylic oxidation sites excluding steroid dienone is 2. The highest BCUT2D eigenvalue weighted by Gasteiger charge is 2.59. The Morgan fingerprint density at radius 3 is 2.23 bits per heavy atom. The van der Waals surface area contributed by atoms with E-state index in [1.165, 1.54) is 23.1 Å². The standard InChI is InChI=1S/C23H19N3O5/c1-12-2-7-16(11-18(12)26(30)31)24-21(27)13-5-8-17(9-6-13)25-22(28)19-14-3-4-15(10-14)20(19)23(25)29/h2-9,11,14-15,19-20H,10H2,1H3,(H,24,27)/t14-,15+,19-,20+. The van der Waals surface area contributed by atoms with E-state index in [0.29, 0.717) is 22.5 Å². The molecule has 3 amide bonds. The summed E-state index contributed by atoms with van der Waals surface area (Å²) in [6.07, 6.45) is 4.96. The van der Waals surface area contributed by atoms with Gasteiger partial charge >= 0.3 is 0 Å². The van der Waals surface area contributed by atoms with Gasteiger partial charge in [0.1, 0.15) is 0 Å². The van der Waals surface area contributed by atoms with Crippen LogP contribution < -0.4 is 10.2 Å². The molecule has 0 unspecified atom stereocenters. The molecule has 8 heteroatoms. The number of carbonyl (C=O) groups excluding carboxylic acids is 3. The van der Waals surface area contributed by atoms with Crippen molar-refractivity contribution in [1.29, 1.82) is 0 Å². The lowest BCUT2D eigenvalue weighted by molar-refractivity contribution is -0.385. The Balaban J connectivity index is 1.33. The predicted octanol–water partition coefficient (Wildman–Crippen LogP) is 3.47. The third-order valence-electron chi connectivity index (χ3n) is 6.52. The lowest BCUT2D eigenvalue weighted by Crippen LogP contribution is -2.32. The fraction of sp³-hybridized carbons (Fsp3) is 0.261. The zero-order valence-electron chi connectivity index (χ0n) is 16.6. The summed E-state index contributed by atoms with van der Waals surface area (Å²) in [4.78, 5) is 50.2. The summed E-state index contributed by atoms with van der Waals surface area (Å²) in [6.45, 7) is 1.62. The van der Waals surface area contributed by atoms with Crippen LogP contribution in [0.4, 0.5) is 17.1 Å². The van der Waals surface area contributed by atoms with Crippen LogP contribution in [0.25, 0.3) is 0 Å². The molecule has 8 nitrogen and oxygen atoms in total. The Kier molecular flexibility index (Phi) is 4.25. The number of benzene rings is 2. The van der Waals surface area contributed by atoms with E-state index in [0.717, 1.165) is 6.42 Å². The quantitative estimate of drug-likeness (QED) is 0.355. The SMILES string of the molecule is Cc1ccc(NC(=O)c2ccc(N3C(=O)[C@@H]4[C@H](C3=O)[C@@H]3C=C[C@H]4C3)cc2)cc1[N+](=O)[O-]. The first-order valence-corrected chi connectivity index (χ1v) is 10.1. The average Bonchev–Trinajstić information content (AvgIpc) is 3.43. The van der Waals surface area contributed by atoms with Crippen molar-refractivity contribution in [2.24, 2.45) is 23.7 Å². The molecule has 0 aromatic heterocycles. The minimum atomic E-state index is -0.499. The van der Waals surface area contributed by atoms with Gasteiger partial charge in [-0.2, -0.15) is 0 Å². The summed E-state index contributed by atoms with van der Waals surface area (Å²) >= 11 is 0. The molecule has 3 aliphatic rings. The van der Waals surface area contributed by atoms with Crippen molar-refractivity contribution in [3.63, 3.8) is 0 Å². The van der Waals surface area contributed by atoms with Gasteiger partial charge in [0.15, 0.2) is 0 Å². The zero-order chi connectivity index (χ0) is 21.9. The molecule has 1 saturated carbocycles. The first kappa shape index (κ1) is 19.2. The summed E-state index contributed by atoms with van der Waals surface area (Å²) in [7, 11) is 0. The smallest absolute Gasteiger partial charge is 0.274 e. The Morgan fingerprint density at radius 1 is 1.03 bits per heavy atom. The largest absolute Gasteiger partial charge is 0.322 e. The van der Waals surface area contributed by atoms with Crippen LogP contribution in [0.3, 0.4) is 0 Å². The number of hydrogen-bond acceptors (Lipinski definition) is 5. The first-order chi connectivity index (χ1) is 14.8. The molecule has 2 fully saturated rings. The van der Waals surface area contributed by atoms with E-state index in [-0.39, 0.29) is 41.2 Å². The third-order valence-corrected chi connectivity index (χ3v) is 6.52. The van der Waals surface area contributed by atoms with Crippen molar-refractivity contribution in [3.8, 4) is 0 Å². The Hall–Kier alpha value is -3.81. The highest BCUT2D eigenvalue weighted by Crippen LogP contribution is 2.53. The monoisotopic (exact) mass is 417 g/mol.